The number of hydrogen-bond donors (Lipinski definition) is 1. The maximum absolute atomic E-state index is 12.2. The van der Waals surface area contributed by atoms with Gasteiger partial charge >= 0.3 is 11.5 Å². The number of ether oxygens (including phenoxy) is 1. The molecule has 0 fully saturated rings. The summed E-state index contributed by atoms with van der Waals surface area (Å²) >= 11 is -0.501. The number of halogens is 3. The Kier molecular flexibility index (Phi) is 4.08. The summed E-state index contributed by atoms with van der Waals surface area (Å²) in [6.07, 6.45) is 0. The smallest absolute Gasteiger partial charge is 0.446 e. The lowest BCUT2D eigenvalue weighted by Crippen LogP contribution is -2.06. The summed E-state index contributed by atoms with van der Waals surface area (Å²) in [5, 5.41) is 18.1. The van der Waals surface area contributed by atoms with Crippen LogP contribution in [0, 0.1) is 11.3 Å². The van der Waals surface area contributed by atoms with Crippen LogP contribution in [0.3, 0.4) is 0 Å². The first-order valence-electron chi connectivity index (χ1n) is 4.39. The average Bonchev–Trinajstić information content (AvgIpc) is 2.25. The van der Waals surface area contributed by atoms with Crippen molar-refractivity contribution in [1.82, 2.24) is 0 Å². The van der Waals surface area contributed by atoms with Crippen LogP contribution < -0.4 is 0 Å². The zero-order valence-corrected chi connectivity index (χ0v) is 9.72. The number of esters is 1. The Balaban J connectivity index is 3.32. The average molecular weight is 277 g/mol. The summed E-state index contributed by atoms with van der Waals surface area (Å²) < 4.78 is 40.8. The van der Waals surface area contributed by atoms with Gasteiger partial charge in [0.25, 0.3) is 0 Å². The monoisotopic (exact) mass is 277 g/mol. The number of phenolic OH excluding ortho intramolecular Hbond substituents is 1. The Labute approximate surface area is 104 Å². The fourth-order valence-electron chi connectivity index (χ4n) is 1.18. The molecule has 0 saturated heterocycles. The third kappa shape index (κ3) is 3.30. The summed E-state index contributed by atoms with van der Waals surface area (Å²) in [5.41, 5.74) is -5.39. The molecule has 1 N–H and O–H groups in total. The molecular weight excluding hydrogens is 271 g/mol. The van der Waals surface area contributed by atoms with Crippen LogP contribution in [0.25, 0.3) is 0 Å². The quantitative estimate of drug-likeness (QED) is 0.664. The van der Waals surface area contributed by atoms with Gasteiger partial charge in [0.15, 0.2) is 0 Å². The van der Waals surface area contributed by atoms with Gasteiger partial charge in [-0.1, -0.05) is 0 Å². The van der Waals surface area contributed by atoms with E-state index in [0.717, 1.165) is 19.2 Å². The number of phenols is 1. The Hall–Kier alpha value is -1.88. The number of alkyl halides is 3. The van der Waals surface area contributed by atoms with Crippen LogP contribution in [0.2, 0.25) is 0 Å². The number of benzene rings is 1. The fourth-order valence-corrected chi connectivity index (χ4v) is 1.80. The Morgan fingerprint density at radius 2 is 2.11 bits per heavy atom. The van der Waals surface area contributed by atoms with Crippen molar-refractivity contribution in [2.75, 3.05) is 7.11 Å². The van der Waals surface area contributed by atoms with Crippen molar-refractivity contribution >= 4 is 17.7 Å². The first-order chi connectivity index (χ1) is 8.28. The van der Waals surface area contributed by atoms with Crippen molar-refractivity contribution in [3.05, 3.63) is 23.3 Å². The molecule has 0 aromatic heterocycles. The molecule has 0 unspecified atom stereocenters. The summed E-state index contributed by atoms with van der Waals surface area (Å²) in [6.45, 7) is 0. The molecule has 0 spiro atoms. The molecule has 0 aliphatic carbocycles. The van der Waals surface area contributed by atoms with Gasteiger partial charge in [0.05, 0.1) is 12.7 Å². The van der Waals surface area contributed by atoms with Crippen molar-refractivity contribution in [3.63, 3.8) is 0 Å². The van der Waals surface area contributed by atoms with E-state index in [1.807, 2.05) is 0 Å². The molecule has 0 amide bonds. The highest BCUT2D eigenvalue weighted by atomic mass is 32.2. The van der Waals surface area contributed by atoms with Crippen molar-refractivity contribution in [3.8, 4) is 11.8 Å². The number of carbonyl (C=O) groups is 1. The second-order valence-corrected chi connectivity index (χ2v) is 4.15. The standard InChI is InChI=1S/C10H6F3NO3S/c1-17-9(16)6-2-5(18-10(11,12)13)3-8(15)7(6)4-14/h2-3,15H,1H3. The summed E-state index contributed by atoms with van der Waals surface area (Å²) in [4.78, 5) is 10.9. The molecule has 0 heterocycles. The number of hydrogen-bond acceptors (Lipinski definition) is 5. The maximum atomic E-state index is 12.2. The van der Waals surface area contributed by atoms with Crippen LogP contribution >= 0.6 is 11.8 Å². The minimum absolute atomic E-state index is 0.403. The van der Waals surface area contributed by atoms with Crippen molar-refractivity contribution in [2.24, 2.45) is 0 Å². The zero-order chi connectivity index (χ0) is 13.9. The molecule has 1 aromatic carbocycles. The summed E-state index contributed by atoms with van der Waals surface area (Å²) in [7, 11) is 1.02. The van der Waals surface area contributed by atoms with Crippen LogP contribution in [0.4, 0.5) is 13.2 Å². The topological polar surface area (TPSA) is 70.3 Å². The predicted octanol–water partition coefficient (Wildman–Crippen LogP) is 2.66. The van der Waals surface area contributed by atoms with E-state index in [4.69, 9.17) is 5.26 Å². The number of nitrogens with zero attached hydrogens (tertiary/aromatic N) is 1. The minimum atomic E-state index is -4.56. The van der Waals surface area contributed by atoms with Gasteiger partial charge in [-0.3, -0.25) is 0 Å². The molecule has 0 bridgehead atoms. The third-order valence-corrected chi connectivity index (χ3v) is 2.54. The Morgan fingerprint density at radius 1 is 1.50 bits per heavy atom. The Morgan fingerprint density at radius 3 is 2.56 bits per heavy atom. The van der Waals surface area contributed by atoms with Gasteiger partial charge in [-0.05, 0) is 23.9 Å². The van der Waals surface area contributed by atoms with E-state index in [0.29, 0.717) is 0 Å². The lowest BCUT2D eigenvalue weighted by molar-refractivity contribution is -0.0328. The van der Waals surface area contributed by atoms with E-state index < -0.39 is 45.0 Å². The summed E-state index contributed by atoms with van der Waals surface area (Å²) in [6, 6.07) is 3.14. The SMILES string of the molecule is COC(=O)c1cc(SC(F)(F)F)cc(O)c1C#N. The lowest BCUT2D eigenvalue weighted by Gasteiger charge is -2.09. The third-order valence-electron chi connectivity index (χ3n) is 1.84. The second-order valence-electron chi connectivity index (χ2n) is 3.02. The van der Waals surface area contributed by atoms with Crippen LogP contribution in [-0.4, -0.2) is 23.7 Å². The van der Waals surface area contributed by atoms with E-state index in [1.54, 1.807) is 0 Å². The van der Waals surface area contributed by atoms with E-state index >= 15 is 0 Å². The van der Waals surface area contributed by atoms with E-state index in [9.17, 15) is 23.1 Å². The van der Waals surface area contributed by atoms with Crippen molar-refractivity contribution in [1.29, 1.82) is 5.26 Å². The molecule has 18 heavy (non-hydrogen) atoms. The highest BCUT2D eigenvalue weighted by molar-refractivity contribution is 8.00. The van der Waals surface area contributed by atoms with Crippen LogP contribution in [0.1, 0.15) is 15.9 Å². The maximum Gasteiger partial charge on any atom is 0.446 e. The van der Waals surface area contributed by atoms with Gasteiger partial charge in [0.1, 0.15) is 17.4 Å². The number of thioether (sulfide) groups is 1. The van der Waals surface area contributed by atoms with E-state index in [2.05, 4.69) is 4.74 Å². The van der Waals surface area contributed by atoms with Crippen LogP contribution in [-0.2, 0) is 4.74 Å². The van der Waals surface area contributed by atoms with Gasteiger partial charge in [-0.25, -0.2) is 4.79 Å². The first kappa shape index (κ1) is 14.2. The highest BCUT2D eigenvalue weighted by Gasteiger charge is 2.30. The molecule has 1 aromatic rings. The highest BCUT2D eigenvalue weighted by Crippen LogP contribution is 2.39. The molecule has 8 heteroatoms. The first-order valence-corrected chi connectivity index (χ1v) is 5.21. The van der Waals surface area contributed by atoms with E-state index in [1.165, 1.54) is 6.07 Å². The van der Waals surface area contributed by atoms with Gasteiger partial charge in [0.2, 0.25) is 0 Å². The van der Waals surface area contributed by atoms with Gasteiger partial charge in [-0.15, -0.1) is 0 Å². The number of nitriles is 1. The predicted molar refractivity (Wildman–Crippen MR) is 56.1 cm³/mol. The van der Waals surface area contributed by atoms with E-state index in [-0.39, 0.29) is 0 Å². The molecule has 1 rings (SSSR count). The van der Waals surface area contributed by atoms with Gasteiger partial charge in [-0.2, -0.15) is 18.4 Å². The molecular formula is C10H6F3NO3S. The Bertz CT molecular complexity index is 522. The molecule has 4 nitrogen and oxygen atoms in total. The lowest BCUT2D eigenvalue weighted by atomic mass is 10.1. The number of methoxy groups -OCH3 is 1. The van der Waals surface area contributed by atoms with Crippen LogP contribution in [0.15, 0.2) is 17.0 Å². The minimum Gasteiger partial charge on any atom is -0.506 e. The van der Waals surface area contributed by atoms with Crippen LogP contribution in [0.5, 0.6) is 5.75 Å². The van der Waals surface area contributed by atoms with Crippen molar-refractivity contribution < 1.29 is 27.8 Å². The number of carbonyl (C=O) groups excluding carboxylic acids is 1. The molecule has 96 valence electrons. The molecule has 0 aliphatic heterocycles. The fraction of sp³-hybridized carbons (Fsp3) is 0.200. The van der Waals surface area contributed by atoms with Gasteiger partial charge in [0, 0.05) is 4.90 Å². The number of aromatic hydroxyl groups is 1. The molecule has 0 saturated carbocycles. The molecule has 0 radical (unpaired) electrons. The van der Waals surface area contributed by atoms with Gasteiger partial charge < -0.3 is 9.84 Å². The summed E-state index contributed by atoms with van der Waals surface area (Å²) in [5.74, 6) is -1.70. The molecule has 0 aliphatic rings. The number of rotatable bonds is 2. The zero-order valence-electron chi connectivity index (χ0n) is 8.91. The molecule has 0 atom stereocenters. The largest absolute Gasteiger partial charge is 0.506 e. The normalized spacial score (nSPS) is 10.8. The van der Waals surface area contributed by atoms with Crippen molar-refractivity contribution in [2.45, 2.75) is 10.4 Å². The second kappa shape index (κ2) is 5.18.